The molecule has 0 fully saturated rings. The van der Waals surface area contributed by atoms with E-state index in [4.69, 9.17) is 0 Å². The molecule has 0 N–H and O–H groups in total. The zero-order valence-corrected chi connectivity index (χ0v) is 5.59. The van der Waals surface area contributed by atoms with Crippen LogP contribution in [0.25, 0.3) is 0 Å². The van der Waals surface area contributed by atoms with Gasteiger partial charge in [0.1, 0.15) is 0 Å². The van der Waals surface area contributed by atoms with E-state index in [0.29, 0.717) is 0 Å². The van der Waals surface area contributed by atoms with E-state index in [2.05, 4.69) is 15.9 Å². The molecule has 0 aliphatic carbocycles. The molecule has 0 rings (SSSR count). The molecule has 0 aliphatic heterocycles. The third-order valence-corrected chi connectivity index (χ3v) is 0. The second-order valence-corrected chi connectivity index (χ2v) is 7.77. The van der Waals surface area contributed by atoms with Crippen molar-refractivity contribution in [2.45, 2.75) is 15.9 Å². The molecular formula is C3H9Pt. The second-order valence-electron chi connectivity index (χ2n) is 0.949. The van der Waals surface area contributed by atoms with Crippen molar-refractivity contribution < 1.29 is 17.3 Å². The molecule has 1 heteroatoms. The van der Waals surface area contributed by atoms with Gasteiger partial charge in [-0.2, -0.15) is 0 Å². The van der Waals surface area contributed by atoms with Crippen LogP contribution in [0.1, 0.15) is 0 Å². The summed E-state index contributed by atoms with van der Waals surface area (Å²) in [5, 5.41) is 6.97. The van der Waals surface area contributed by atoms with Gasteiger partial charge in [-0.25, -0.2) is 0 Å². The van der Waals surface area contributed by atoms with Crippen molar-refractivity contribution in [2.24, 2.45) is 0 Å². The van der Waals surface area contributed by atoms with Crippen LogP contribution in [0.3, 0.4) is 0 Å². The topological polar surface area (TPSA) is 0 Å². The van der Waals surface area contributed by atoms with Crippen LogP contribution < -0.4 is 0 Å². The summed E-state index contributed by atoms with van der Waals surface area (Å²) in [6.45, 7) is 0. The summed E-state index contributed by atoms with van der Waals surface area (Å²) in [4.78, 5) is 0. The Labute approximate surface area is 33.8 Å². The molecule has 0 saturated carbocycles. The predicted octanol–water partition coefficient (Wildman–Crippen LogP) is 1.75. The van der Waals surface area contributed by atoms with Crippen LogP contribution in [0.2, 0.25) is 15.9 Å². The quantitative estimate of drug-likeness (QED) is 0.605. The molecule has 0 saturated heterocycles. The Kier molecular flexibility index (Phi) is 2.30. The Morgan fingerprint density at radius 2 is 1.00 bits per heavy atom. The van der Waals surface area contributed by atoms with E-state index < -0.39 is 0 Å². The molecule has 0 aromatic heterocycles. The Balaban J connectivity index is 2.32. The van der Waals surface area contributed by atoms with E-state index in [9.17, 15) is 0 Å². The van der Waals surface area contributed by atoms with Crippen molar-refractivity contribution in [3.05, 3.63) is 0 Å². The first-order chi connectivity index (χ1) is 1.73. The average Bonchev–Trinajstić information content (AvgIpc) is 0.811. The van der Waals surface area contributed by atoms with Gasteiger partial charge in [0.05, 0.1) is 0 Å². The molecule has 0 amide bonds. The van der Waals surface area contributed by atoms with Crippen LogP contribution in [0.4, 0.5) is 0 Å². The summed E-state index contributed by atoms with van der Waals surface area (Å²) in [7, 11) is 0. The van der Waals surface area contributed by atoms with Gasteiger partial charge in [-0.1, -0.05) is 0 Å². The predicted molar refractivity (Wildman–Crippen MR) is 17.6 cm³/mol. The standard InChI is InChI=1S/3CH3.Pt/h3*1H3;. The molecule has 0 radical (unpaired) electrons. The first-order valence-corrected chi connectivity index (χ1v) is 7.77. The third kappa shape index (κ3) is 16.2. The van der Waals surface area contributed by atoms with Crippen LogP contribution in [0, 0.1) is 0 Å². The zero-order chi connectivity index (χ0) is 3.58. The van der Waals surface area contributed by atoms with E-state index in [1.807, 2.05) is 0 Å². The van der Waals surface area contributed by atoms with Gasteiger partial charge in [-0.15, -0.1) is 0 Å². The average molecular weight is 240 g/mol. The van der Waals surface area contributed by atoms with Crippen LogP contribution in [0.5, 0.6) is 0 Å². The first-order valence-electron chi connectivity index (χ1n) is 0.949. The minimum atomic E-state index is -0.269. The molecule has 0 aromatic carbocycles. The van der Waals surface area contributed by atoms with Crippen molar-refractivity contribution in [1.82, 2.24) is 0 Å². The van der Waals surface area contributed by atoms with E-state index >= 15 is 0 Å². The zero-order valence-electron chi connectivity index (χ0n) is 3.32. The number of rotatable bonds is 0. The summed E-state index contributed by atoms with van der Waals surface area (Å²) >= 11 is -0.269. The molecule has 0 aliphatic rings. The van der Waals surface area contributed by atoms with E-state index in [-0.39, 0.29) is 17.3 Å². The van der Waals surface area contributed by atoms with Gasteiger partial charge >= 0.3 is 33.3 Å². The Hall–Kier alpha value is 0.688. The van der Waals surface area contributed by atoms with Crippen LogP contribution in [0.15, 0.2) is 0 Å². The van der Waals surface area contributed by atoms with Crippen molar-refractivity contribution in [3.8, 4) is 0 Å². The van der Waals surface area contributed by atoms with Gasteiger partial charge < -0.3 is 0 Å². The monoisotopic (exact) mass is 240 g/mol. The summed E-state index contributed by atoms with van der Waals surface area (Å²) in [5.41, 5.74) is 0. The molecule has 0 heterocycles. The van der Waals surface area contributed by atoms with Crippen molar-refractivity contribution in [2.75, 3.05) is 0 Å². The molecular weight excluding hydrogens is 231 g/mol. The second kappa shape index (κ2) is 1.96. The number of hydrogen-bond donors (Lipinski definition) is 0. The molecule has 4 heavy (non-hydrogen) atoms. The van der Waals surface area contributed by atoms with Gasteiger partial charge in [0.2, 0.25) is 0 Å². The first kappa shape index (κ1) is 4.69. The van der Waals surface area contributed by atoms with Crippen molar-refractivity contribution in [3.63, 3.8) is 0 Å². The van der Waals surface area contributed by atoms with Gasteiger partial charge in [0.25, 0.3) is 0 Å². The molecule has 31 valence electrons. The Bertz CT molecular complexity index is 8.00. The maximum atomic E-state index is 2.32. The molecule has 0 unspecified atom stereocenters. The summed E-state index contributed by atoms with van der Waals surface area (Å²) in [6.07, 6.45) is 0. The van der Waals surface area contributed by atoms with Crippen LogP contribution >= 0.6 is 0 Å². The van der Waals surface area contributed by atoms with Gasteiger partial charge in [0, 0.05) is 0 Å². The fourth-order valence-corrected chi connectivity index (χ4v) is 0. The Morgan fingerprint density at radius 3 is 1.00 bits per heavy atom. The summed E-state index contributed by atoms with van der Waals surface area (Å²) < 4.78 is 0. The summed E-state index contributed by atoms with van der Waals surface area (Å²) in [6, 6.07) is 0. The third-order valence-electron chi connectivity index (χ3n) is 0. The van der Waals surface area contributed by atoms with Gasteiger partial charge in [0.15, 0.2) is 0 Å². The summed E-state index contributed by atoms with van der Waals surface area (Å²) in [5.74, 6) is 0. The molecule has 0 bridgehead atoms. The normalized spacial score (nSPS) is 11.2. The van der Waals surface area contributed by atoms with Gasteiger partial charge in [-0.3, -0.25) is 0 Å². The van der Waals surface area contributed by atoms with Gasteiger partial charge in [-0.05, 0) is 0 Å². The van der Waals surface area contributed by atoms with Crippen molar-refractivity contribution in [1.29, 1.82) is 0 Å². The van der Waals surface area contributed by atoms with E-state index in [1.54, 1.807) is 0 Å². The van der Waals surface area contributed by atoms with E-state index in [0.717, 1.165) is 0 Å². The number of hydrogen-bond acceptors (Lipinski definition) is 0. The molecule has 0 atom stereocenters. The molecule has 0 spiro atoms. The Morgan fingerprint density at radius 1 is 1.00 bits per heavy atom. The fourth-order valence-electron chi connectivity index (χ4n) is 0. The van der Waals surface area contributed by atoms with Crippen LogP contribution in [-0.4, -0.2) is 0 Å². The van der Waals surface area contributed by atoms with Crippen molar-refractivity contribution >= 4 is 0 Å². The van der Waals surface area contributed by atoms with E-state index in [1.165, 1.54) is 0 Å². The maximum absolute atomic E-state index is 2.32. The SMILES string of the molecule is [CH3][Pt]([CH3])[CH3]. The minimum absolute atomic E-state index is 0.269. The fraction of sp³-hybridized carbons (Fsp3) is 1.00. The molecule has 0 nitrogen and oxygen atoms in total. The molecule has 0 aromatic rings. The van der Waals surface area contributed by atoms with Crippen LogP contribution in [-0.2, 0) is 17.3 Å².